The summed E-state index contributed by atoms with van der Waals surface area (Å²) in [4.78, 5) is 38.8. The fourth-order valence-electron chi connectivity index (χ4n) is 2.51. The molecule has 0 aromatic heterocycles. The highest BCUT2D eigenvalue weighted by Crippen LogP contribution is 2.34. The van der Waals surface area contributed by atoms with Crippen LogP contribution in [0.2, 0.25) is 0 Å². The number of rotatable bonds is 5. The van der Waals surface area contributed by atoms with Crippen molar-refractivity contribution in [2.45, 2.75) is 19.4 Å². The van der Waals surface area contributed by atoms with Crippen molar-refractivity contribution in [1.29, 1.82) is 0 Å². The van der Waals surface area contributed by atoms with Crippen molar-refractivity contribution in [2.75, 3.05) is 26.3 Å². The number of hydrogen-bond acceptors (Lipinski definition) is 4. The van der Waals surface area contributed by atoms with Crippen LogP contribution in [-0.4, -0.2) is 60.1 Å². The van der Waals surface area contributed by atoms with E-state index in [2.05, 4.69) is 50.5 Å². The summed E-state index contributed by atoms with van der Waals surface area (Å²) >= 11 is 8.26. The van der Waals surface area contributed by atoms with E-state index in [9.17, 15) is 19.5 Å². The van der Waals surface area contributed by atoms with E-state index in [1.165, 1.54) is 0 Å². The number of carboxylic acid groups (broad SMARTS) is 1. The summed E-state index contributed by atoms with van der Waals surface area (Å²) in [6.45, 7) is 3.81. The summed E-state index contributed by atoms with van der Waals surface area (Å²) in [6, 6.07) is -0.950. The molecule has 1 heterocycles. The predicted molar refractivity (Wildman–Crippen MR) is 133 cm³/mol. The molecule has 0 aliphatic carbocycles. The van der Waals surface area contributed by atoms with Crippen LogP contribution < -0.4 is 5.32 Å². The van der Waals surface area contributed by atoms with Crippen molar-refractivity contribution in [3.05, 3.63) is 25.4 Å². The van der Waals surface area contributed by atoms with E-state index < -0.39 is 17.9 Å². The average Bonchev–Trinajstić information content (AvgIpc) is 2.65. The Morgan fingerprint density at radius 2 is 1.52 bits per heavy atom. The lowest BCUT2D eigenvalue weighted by atomic mass is 10.1. The molecule has 1 saturated heterocycles. The van der Waals surface area contributed by atoms with E-state index in [-0.39, 0.29) is 12.3 Å². The van der Waals surface area contributed by atoms with Gasteiger partial charge in [0.15, 0.2) is 0 Å². The molecule has 2 rings (SSSR count). The van der Waals surface area contributed by atoms with Crippen LogP contribution in [0.15, 0.2) is 0 Å². The van der Waals surface area contributed by atoms with Crippen molar-refractivity contribution in [3.8, 4) is 0 Å². The first-order valence-electron chi connectivity index (χ1n) is 7.97. The molecule has 2 amide bonds. The number of morpholine rings is 1. The van der Waals surface area contributed by atoms with Gasteiger partial charge in [-0.1, -0.05) is 6.92 Å². The Hall–Kier alpha value is 0.510. The third kappa shape index (κ3) is 5.36. The summed E-state index contributed by atoms with van der Waals surface area (Å²) in [7, 11) is 0. The molecule has 0 saturated carbocycles. The van der Waals surface area contributed by atoms with Crippen molar-refractivity contribution >= 4 is 108 Å². The van der Waals surface area contributed by atoms with Crippen LogP contribution >= 0.6 is 90.4 Å². The van der Waals surface area contributed by atoms with E-state index in [1.54, 1.807) is 11.8 Å². The summed E-state index contributed by atoms with van der Waals surface area (Å²) in [5, 5.41) is 11.8. The van der Waals surface area contributed by atoms with Crippen LogP contribution in [0.1, 0.15) is 34.1 Å². The topological polar surface area (TPSA) is 95.9 Å². The second kappa shape index (κ2) is 10.5. The van der Waals surface area contributed by atoms with Gasteiger partial charge in [0.2, 0.25) is 0 Å². The van der Waals surface area contributed by atoms with Crippen molar-refractivity contribution in [1.82, 2.24) is 10.2 Å². The number of nitrogens with zero attached hydrogens (tertiary/aromatic N) is 1. The van der Waals surface area contributed by atoms with Gasteiger partial charge in [0, 0.05) is 27.4 Å². The lowest BCUT2D eigenvalue weighted by molar-refractivity contribution is -0.139. The van der Waals surface area contributed by atoms with E-state index in [1.807, 2.05) is 45.2 Å². The molecule has 0 radical (unpaired) electrons. The van der Waals surface area contributed by atoms with Crippen LogP contribution in [-0.2, 0) is 9.53 Å². The molecule has 27 heavy (non-hydrogen) atoms. The van der Waals surface area contributed by atoms with Gasteiger partial charge in [0.1, 0.15) is 6.04 Å². The molecule has 1 aliphatic rings. The van der Waals surface area contributed by atoms with Gasteiger partial charge in [-0.3, -0.25) is 9.59 Å². The molecule has 0 spiro atoms. The van der Waals surface area contributed by atoms with Gasteiger partial charge in [0.05, 0.1) is 24.3 Å². The molecule has 1 unspecified atom stereocenters. The molecule has 1 aromatic carbocycles. The van der Waals surface area contributed by atoms with Gasteiger partial charge in [-0.05, 0) is 96.8 Å². The molecule has 1 atom stereocenters. The minimum Gasteiger partial charge on any atom is -0.480 e. The molecule has 11 heteroatoms. The smallest absolute Gasteiger partial charge is 0.326 e. The lowest BCUT2D eigenvalue weighted by Gasteiger charge is -2.28. The van der Waals surface area contributed by atoms with E-state index >= 15 is 0 Å². The molecular weight excluding hydrogens is 808 g/mol. The van der Waals surface area contributed by atoms with Gasteiger partial charge in [-0.25, -0.2) is 4.79 Å². The number of nitrogens with one attached hydrogen (secondary N) is 1. The fraction of sp³-hybridized carbons (Fsp3) is 0.438. The zero-order valence-corrected chi connectivity index (χ0v) is 22.8. The van der Waals surface area contributed by atoms with Gasteiger partial charge < -0.3 is 20.1 Å². The maximum Gasteiger partial charge on any atom is 0.326 e. The predicted octanol–water partition coefficient (Wildman–Crippen LogP) is 3.17. The third-order valence-corrected chi connectivity index (χ3v) is 10.4. The van der Waals surface area contributed by atoms with Crippen molar-refractivity contribution in [2.24, 2.45) is 0 Å². The number of carbonyl (C=O) groups is 3. The number of halogens is 4. The summed E-state index contributed by atoms with van der Waals surface area (Å²) in [5.41, 5.74) is 0.983. The summed E-state index contributed by atoms with van der Waals surface area (Å²) < 4.78 is 8.00. The van der Waals surface area contributed by atoms with Crippen LogP contribution in [0.25, 0.3) is 0 Å². The SMILES string of the molecule is CCC(NC(=O)c1c(I)c(I)c(C(=O)N2CCOCC2)c(I)c1I)C(=O)O. The molecule has 7 nitrogen and oxygen atoms in total. The minimum absolute atomic E-state index is 0.0770. The zero-order valence-electron chi connectivity index (χ0n) is 14.2. The standard InChI is InChI=1S/C16H16I4N2O5/c1-2-7(16(25)26)21-14(23)8-10(17)12(19)9(13(20)11(8)18)15(24)22-3-5-27-6-4-22/h7H,2-6H2,1H3,(H,21,23)(H,25,26). The lowest BCUT2D eigenvalue weighted by Crippen LogP contribution is -2.42. The number of benzene rings is 1. The molecular formula is C16H16I4N2O5. The summed E-state index contributed by atoms with van der Waals surface area (Å²) in [6.07, 6.45) is 0.288. The number of carboxylic acids is 1. The molecule has 1 fully saturated rings. The first kappa shape index (κ1) is 23.8. The van der Waals surface area contributed by atoms with Gasteiger partial charge in [-0.15, -0.1) is 0 Å². The Morgan fingerprint density at radius 1 is 1.04 bits per heavy atom. The van der Waals surface area contributed by atoms with Crippen LogP contribution in [0.3, 0.4) is 0 Å². The maximum absolute atomic E-state index is 13.0. The first-order chi connectivity index (χ1) is 12.7. The molecule has 2 N–H and O–H groups in total. The molecule has 1 aliphatic heterocycles. The summed E-state index contributed by atoms with van der Waals surface area (Å²) in [5.74, 6) is -1.59. The second-order valence-corrected chi connectivity index (χ2v) is 10.00. The maximum atomic E-state index is 13.0. The van der Waals surface area contributed by atoms with Gasteiger partial charge in [0.25, 0.3) is 11.8 Å². The van der Waals surface area contributed by atoms with Crippen molar-refractivity contribution < 1.29 is 24.2 Å². The Kier molecular flexibility index (Phi) is 9.26. The third-order valence-electron chi connectivity index (χ3n) is 4.01. The number of carbonyl (C=O) groups excluding carboxylic acids is 2. The number of amides is 2. The number of hydrogen-bond donors (Lipinski definition) is 2. The van der Waals surface area contributed by atoms with Crippen LogP contribution in [0, 0.1) is 14.3 Å². The van der Waals surface area contributed by atoms with Gasteiger partial charge in [-0.2, -0.15) is 0 Å². The minimum atomic E-state index is -1.07. The number of ether oxygens (including phenoxy) is 1. The quantitative estimate of drug-likeness (QED) is 0.352. The van der Waals surface area contributed by atoms with Crippen LogP contribution in [0.4, 0.5) is 0 Å². The second-order valence-electron chi connectivity index (χ2n) is 5.68. The average molecular weight is 824 g/mol. The normalized spacial score (nSPS) is 15.4. The fourth-order valence-corrected chi connectivity index (χ4v) is 6.65. The molecule has 148 valence electrons. The Balaban J connectivity index is 2.44. The van der Waals surface area contributed by atoms with Gasteiger partial charge >= 0.3 is 5.97 Å². The highest BCUT2D eigenvalue weighted by molar-refractivity contribution is 14.1. The van der Waals surface area contributed by atoms with E-state index in [0.717, 1.165) is 0 Å². The first-order valence-corrected chi connectivity index (χ1v) is 12.3. The zero-order chi connectivity index (χ0) is 20.3. The van der Waals surface area contributed by atoms with E-state index in [0.29, 0.717) is 51.7 Å². The Bertz CT molecular complexity index is 752. The van der Waals surface area contributed by atoms with Crippen molar-refractivity contribution in [3.63, 3.8) is 0 Å². The monoisotopic (exact) mass is 824 g/mol. The highest BCUT2D eigenvalue weighted by Gasteiger charge is 2.30. The Morgan fingerprint density at radius 3 is 1.96 bits per heavy atom. The molecule has 1 aromatic rings. The number of aliphatic carboxylic acids is 1. The molecule has 0 bridgehead atoms. The largest absolute Gasteiger partial charge is 0.480 e. The van der Waals surface area contributed by atoms with E-state index in [4.69, 9.17) is 4.74 Å². The highest BCUT2D eigenvalue weighted by atomic mass is 127. The Labute approximate surface area is 211 Å². The van der Waals surface area contributed by atoms with Crippen LogP contribution in [0.5, 0.6) is 0 Å².